The standard InChI is InChI=1S/C14H17/c1-2-4-6-8-10-12-14-13-11-9-7-5-3-1/h1-4,7,9-12H,5-6,8,14H2/b3-1-,4-2+,9-7-,12-10+,13-11?. The molecular weight excluding hydrogens is 168 g/mol. The van der Waals surface area contributed by atoms with Crippen LogP contribution in [0, 0.1) is 6.08 Å². The zero-order valence-electron chi connectivity index (χ0n) is 8.52. The SMILES string of the molecule is [C]1=C/C=C\C/C=C\C=C\CC/C=C/C/1. The van der Waals surface area contributed by atoms with Gasteiger partial charge in [0.25, 0.3) is 0 Å². The summed E-state index contributed by atoms with van der Waals surface area (Å²) in [5, 5.41) is 0. The summed E-state index contributed by atoms with van der Waals surface area (Å²) in [6.07, 6.45) is 26.5. The van der Waals surface area contributed by atoms with Crippen LogP contribution in [0.15, 0.2) is 54.7 Å². The Balaban J connectivity index is 2.45. The van der Waals surface area contributed by atoms with E-state index in [0.717, 1.165) is 25.7 Å². The number of hydrogen-bond donors (Lipinski definition) is 0. The molecule has 0 nitrogen and oxygen atoms in total. The molecule has 1 aliphatic carbocycles. The van der Waals surface area contributed by atoms with E-state index in [-0.39, 0.29) is 0 Å². The summed E-state index contributed by atoms with van der Waals surface area (Å²) in [7, 11) is 0. The maximum atomic E-state index is 3.20. The topological polar surface area (TPSA) is 0 Å². The Morgan fingerprint density at radius 1 is 0.714 bits per heavy atom. The number of rotatable bonds is 0. The molecule has 0 atom stereocenters. The van der Waals surface area contributed by atoms with Gasteiger partial charge in [-0.2, -0.15) is 0 Å². The van der Waals surface area contributed by atoms with Crippen LogP contribution in [-0.2, 0) is 0 Å². The van der Waals surface area contributed by atoms with Crippen molar-refractivity contribution in [3.8, 4) is 0 Å². The van der Waals surface area contributed by atoms with Gasteiger partial charge in [-0.25, -0.2) is 0 Å². The molecule has 0 spiro atoms. The molecule has 0 saturated heterocycles. The van der Waals surface area contributed by atoms with E-state index in [2.05, 4.69) is 48.6 Å². The predicted octanol–water partition coefficient (Wildman–Crippen LogP) is 4.14. The van der Waals surface area contributed by atoms with Gasteiger partial charge in [-0.15, -0.1) is 0 Å². The molecule has 0 N–H and O–H groups in total. The average Bonchev–Trinajstić information content (AvgIpc) is 2.22. The lowest BCUT2D eigenvalue weighted by Crippen LogP contribution is -1.66. The van der Waals surface area contributed by atoms with Crippen LogP contribution >= 0.6 is 0 Å². The van der Waals surface area contributed by atoms with Crippen molar-refractivity contribution >= 4 is 0 Å². The minimum absolute atomic E-state index is 0.921. The summed E-state index contributed by atoms with van der Waals surface area (Å²) in [4.78, 5) is 0. The fourth-order valence-corrected chi connectivity index (χ4v) is 1.15. The Bertz CT molecular complexity index is 262. The van der Waals surface area contributed by atoms with Gasteiger partial charge in [0.1, 0.15) is 0 Å². The Labute approximate surface area is 87.0 Å². The lowest BCUT2D eigenvalue weighted by Gasteiger charge is -1.86. The van der Waals surface area contributed by atoms with Gasteiger partial charge in [0.15, 0.2) is 0 Å². The molecule has 0 fully saturated rings. The molecule has 0 heteroatoms. The van der Waals surface area contributed by atoms with Crippen molar-refractivity contribution in [2.45, 2.75) is 25.7 Å². The average molecular weight is 185 g/mol. The van der Waals surface area contributed by atoms with E-state index in [4.69, 9.17) is 0 Å². The summed E-state index contributed by atoms with van der Waals surface area (Å²) in [5.41, 5.74) is 0. The molecule has 1 radical (unpaired) electrons. The third-order valence-corrected chi connectivity index (χ3v) is 1.91. The van der Waals surface area contributed by atoms with Crippen LogP contribution in [0.4, 0.5) is 0 Å². The maximum Gasteiger partial charge on any atom is -0.00946 e. The first-order chi connectivity index (χ1) is 7.00. The lowest BCUT2D eigenvalue weighted by atomic mass is 10.2. The smallest absolute Gasteiger partial charge is 0.00946 e. The van der Waals surface area contributed by atoms with Crippen molar-refractivity contribution in [2.75, 3.05) is 0 Å². The van der Waals surface area contributed by atoms with Crippen molar-refractivity contribution < 1.29 is 0 Å². The van der Waals surface area contributed by atoms with E-state index < -0.39 is 0 Å². The molecule has 0 amide bonds. The minimum atomic E-state index is 0.921. The second-order valence-corrected chi connectivity index (χ2v) is 3.14. The zero-order chi connectivity index (χ0) is 9.90. The van der Waals surface area contributed by atoms with Crippen molar-refractivity contribution in [2.24, 2.45) is 0 Å². The van der Waals surface area contributed by atoms with Gasteiger partial charge in [0.05, 0.1) is 0 Å². The van der Waals surface area contributed by atoms with Crippen LogP contribution in [0.1, 0.15) is 25.7 Å². The van der Waals surface area contributed by atoms with E-state index in [1.807, 2.05) is 12.2 Å². The molecule has 0 aliphatic heterocycles. The molecule has 0 saturated carbocycles. The van der Waals surface area contributed by atoms with E-state index in [1.165, 1.54) is 0 Å². The minimum Gasteiger partial charge on any atom is -0.0879 e. The van der Waals surface area contributed by atoms with Crippen molar-refractivity contribution in [3.63, 3.8) is 0 Å². The largest absolute Gasteiger partial charge is 0.0879 e. The van der Waals surface area contributed by atoms with Crippen LogP contribution in [0.5, 0.6) is 0 Å². The summed E-state index contributed by atoms with van der Waals surface area (Å²) in [5.74, 6) is 0. The Morgan fingerprint density at radius 3 is 2.50 bits per heavy atom. The molecular formula is C14H17. The van der Waals surface area contributed by atoms with Crippen LogP contribution in [-0.4, -0.2) is 0 Å². The van der Waals surface area contributed by atoms with Crippen LogP contribution in [0.2, 0.25) is 0 Å². The third-order valence-electron chi connectivity index (χ3n) is 1.91. The summed E-state index contributed by atoms with van der Waals surface area (Å²) >= 11 is 0. The predicted molar refractivity (Wildman–Crippen MR) is 62.8 cm³/mol. The number of allylic oxidation sites excluding steroid dienone is 10. The lowest BCUT2D eigenvalue weighted by molar-refractivity contribution is 1.04. The van der Waals surface area contributed by atoms with Gasteiger partial charge in [-0.1, -0.05) is 54.7 Å². The highest BCUT2D eigenvalue weighted by Gasteiger charge is 1.77. The van der Waals surface area contributed by atoms with Crippen LogP contribution in [0.25, 0.3) is 0 Å². The summed E-state index contributed by atoms with van der Waals surface area (Å²) in [6.45, 7) is 0. The highest BCUT2D eigenvalue weighted by Crippen LogP contribution is 1.97. The van der Waals surface area contributed by atoms with E-state index in [9.17, 15) is 0 Å². The van der Waals surface area contributed by atoms with Gasteiger partial charge >= 0.3 is 0 Å². The first-order valence-corrected chi connectivity index (χ1v) is 5.18. The highest BCUT2D eigenvalue weighted by atomic mass is 13.8. The van der Waals surface area contributed by atoms with Crippen molar-refractivity contribution in [1.82, 2.24) is 0 Å². The molecule has 73 valence electrons. The second kappa shape index (κ2) is 8.31. The highest BCUT2D eigenvalue weighted by molar-refractivity contribution is 5.08. The van der Waals surface area contributed by atoms with Crippen LogP contribution < -0.4 is 0 Å². The molecule has 0 unspecified atom stereocenters. The second-order valence-electron chi connectivity index (χ2n) is 3.14. The first-order valence-electron chi connectivity index (χ1n) is 5.18. The van der Waals surface area contributed by atoms with Gasteiger partial charge in [-0.3, -0.25) is 0 Å². The van der Waals surface area contributed by atoms with Gasteiger partial charge in [0, 0.05) is 0 Å². The molecule has 1 rings (SSSR count). The normalized spacial score (nSPS) is 29.7. The molecule has 0 aromatic carbocycles. The van der Waals surface area contributed by atoms with Gasteiger partial charge in [0.2, 0.25) is 0 Å². The monoisotopic (exact) mass is 185 g/mol. The van der Waals surface area contributed by atoms with Gasteiger partial charge < -0.3 is 0 Å². The molecule has 0 aromatic rings. The third kappa shape index (κ3) is 6.24. The Kier molecular flexibility index (Phi) is 6.39. The fraction of sp³-hybridized carbons (Fsp3) is 0.286. The van der Waals surface area contributed by atoms with Gasteiger partial charge in [-0.05, 0) is 31.8 Å². The Hall–Kier alpha value is -1.30. The molecule has 14 heavy (non-hydrogen) atoms. The van der Waals surface area contributed by atoms with Crippen LogP contribution in [0.3, 0.4) is 0 Å². The molecule has 0 aromatic heterocycles. The molecule has 1 aliphatic rings. The first kappa shape index (κ1) is 10.8. The number of hydrogen-bond acceptors (Lipinski definition) is 0. The quantitative estimate of drug-likeness (QED) is 0.497. The van der Waals surface area contributed by atoms with E-state index in [1.54, 1.807) is 0 Å². The fourth-order valence-electron chi connectivity index (χ4n) is 1.15. The Morgan fingerprint density at radius 2 is 1.50 bits per heavy atom. The molecule has 0 bridgehead atoms. The van der Waals surface area contributed by atoms with Crippen molar-refractivity contribution in [1.29, 1.82) is 0 Å². The summed E-state index contributed by atoms with van der Waals surface area (Å²) in [6, 6.07) is 0. The molecule has 0 heterocycles. The van der Waals surface area contributed by atoms with E-state index in [0.29, 0.717) is 0 Å². The maximum absolute atomic E-state index is 3.20. The van der Waals surface area contributed by atoms with Crippen molar-refractivity contribution in [3.05, 3.63) is 60.8 Å². The van der Waals surface area contributed by atoms with E-state index >= 15 is 0 Å². The summed E-state index contributed by atoms with van der Waals surface area (Å²) < 4.78 is 0. The zero-order valence-corrected chi connectivity index (χ0v) is 8.52.